The van der Waals surface area contributed by atoms with E-state index >= 15 is 0 Å². The van der Waals surface area contributed by atoms with Crippen molar-refractivity contribution in [2.24, 2.45) is 0 Å². The number of hydrogen-bond acceptors (Lipinski definition) is 5. The first-order valence-electron chi connectivity index (χ1n) is 14.8. The molecule has 2 N–H and O–H groups in total. The molecule has 1 amide bonds. The molecule has 0 radical (unpaired) electrons. The van der Waals surface area contributed by atoms with Crippen LogP contribution in [-0.4, -0.2) is 44.6 Å². The fourth-order valence-corrected chi connectivity index (χ4v) is 6.48. The molecule has 0 aliphatic carbocycles. The number of nitrogens with zero attached hydrogens (tertiary/aromatic N) is 2. The summed E-state index contributed by atoms with van der Waals surface area (Å²) in [5.41, 5.74) is 7.39. The topological polar surface area (TPSA) is 108 Å². The number of nitrogens with one attached hydrogen (secondary N) is 2. The first kappa shape index (κ1) is 29.9. The molecule has 234 valence electrons. The molecule has 0 bridgehead atoms. The number of aromatic amines is 1. The van der Waals surface area contributed by atoms with Gasteiger partial charge in [-0.2, -0.15) is 0 Å². The number of para-hydroxylation sites is 1. The number of halogens is 1. The lowest BCUT2D eigenvalue weighted by molar-refractivity contribution is 0.0964. The summed E-state index contributed by atoms with van der Waals surface area (Å²) >= 11 is 0. The highest BCUT2D eigenvalue weighted by Crippen LogP contribution is 2.43. The molecular weight excluding hydrogens is 615 g/mol. The normalized spacial score (nSPS) is 11.7. The zero-order valence-corrected chi connectivity index (χ0v) is 26.5. The van der Waals surface area contributed by atoms with Crippen LogP contribution >= 0.6 is 0 Å². The van der Waals surface area contributed by atoms with Crippen molar-refractivity contribution in [2.45, 2.75) is 0 Å². The van der Waals surface area contributed by atoms with Crippen LogP contribution in [0.2, 0.25) is 0 Å². The van der Waals surface area contributed by atoms with Crippen LogP contribution in [0.3, 0.4) is 0 Å². The van der Waals surface area contributed by atoms with Gasteiger partial charge in [-0.05, 0) is 59.7 Å². The Balaban J connectivity index is 1.49. The Morgan fingerprint density at radius 3 is 2.34 bits per heavy atom. The van der Waals surface area contributed by atoms with Crippen molar-refractivity contribution in [1.29, 1.82) is 0 Å². The molecule has 7 aromatic rings. The van der Waals surface area contributed by atoms with E-state index in [4.69, 9.17) is 4.42 Å². The van der Waals surface area contributed by atoms with Gasteiger partial charge in [0.2, 0.25) is 10.0 Å². The van der Waals surface area contributed by atoms with Gasteiger partial charge in [-0.1, -0.05) is 42.5 Å². The number of hydrogen-bond donors (Lipinski definition) is 2. The van der Waals surface area contributed by atoms with Gasteiger partial charge in [-0.15, -0.1) is 0 Å². The number of carbonyl (C=O) groups excluding carboxylic acids is 1. The molecule has 47 heavy (non-hydrogen) atoms. The lowest BCUT2D eigenvalue weighted by atomic mass is 9.95. The van der Waals surface area contributed by atoms with Crippen LogP contribution in [0, 0.1) is 5.82 Å². The Bertz CT molecular complexity index is 2420. The van der Waals surface area contributed by atoms with Gasteiger partial charge in [0.05, 0.1) is 23.2 Å². The van der Waals surface area contributed by atoms with Crippen molar-refractivity contribution in [2.75, 3.05) is 24.7 Å². The average molecular weight is 645 g/mol. The van der Waals surface area contributed by atoms with Crippen LogP contribution in [0.4, 0.5) is 10.1 Å². The number of aromatic nitrogens is 2. The zero-order valence-electron chi connectivity index (χ0n) is 25.7. The molecule has 0 saturated heterocycles. The number of amides is 1. The van der Waals surface area contributed by atoms with E-state index in [0.717, 1.165) is 45.1 Å². The monoisotopic (exact) mass is 644 g/mol. The van der Waals surface area contributed by atoms with Gasteiger partial charge in [0, 0.05) is 71.1 Å². The van der Waals surface area contributed by atoms with E-state index in [9.17, 15) is 17.6 Å². The fraction of sp³-hybridized carbons (Fsp3) is 0.0811. The lowest BCUT2D eigenvalue weighted by Gasteiger charge is -2.21. The highest BCUT2D eigenvalue weighted by atomic mass is 32.2. The van der Waals surface area contributed by atoms with Crippen molar-refractivity contribution in [3.8, 4) is 44.8 Å². The van der Waals surface area contributed by atoms with Crippen molar-refractivity contribution < 1.29 is 22.0 Å². The van der Waals surface area contributed by atoms with Crippen LogP contribution in [0.25, 0.3) is 66.7 Å². The summed E-state index contributed by atoms with van der Waals surface area (Å²) in [5.74, 6) is -0.573. The number of fused-ring (bicyclic) bond motifs is 2. The number of furan rings is 1. The van der Waals surface area contributed by atoms with Gasteiger partial charge in [-0.25, -0.2) is 12.8 Å². The molecule has 0 saturated carbocycles. The summed E-state index contributed by atoms with van der Waals surface area (Å²) in [7, 11) is -0.703. The summed E-state index contributed by atoms with van der Waals surface area (Å²) < 4.78 is 47.0. The molecule has 0 aliphatic rings. The van der Waals surface area contributed by atoms with Gasteiger partial charge in [0.25, 0.3) is 5.91 Å². The molecule has 0 spiro atoms. The predicted octanol–water partition coefficient (Wildman–Crippen LogP) is 7.87. The quantitative estimate of drug-likeness (QED) is 0.184. The second-order valence-corrected chi connectivity index (χ2v) is 13.2. The van der Waals surface area contributed by atoms with E-state index in [0.29, 0.717) is 27.8 Å². The van der Waals surface area contributed by atoms with Crippen LogP contribution in [0.1, 0.15) is 10.4 Å². The van der Waals surface area contributed by atoms with Crippen LogP contribution in [-0.2, 0) is 10.0 Å². The van der Waals surface area contributed by atoms with Gasteiger partial charge in [0.1, 0.15) is 17.2 Å². The van der Waals surface area contributed by atoms with Crippen molar-refractivity contribution in [3.05, 3.63) is 121 Å². The molecular formula is C37H29FN4O4S. The molecule has 4 aromatic carbocycles. The lowest BCUT2D eigenvalue weighted by Crippen LogP contribution is -2.25. The predicted molar refractivity (Wildman–Crippen MR) is 184 cm³/mol. The van der Waals surface area contributed by atoms with E-state index < -0.39 is 21.7 Å². The van der Waals surface area contributed by atoms with E-state index in [1.165, 1.54) is 42.7 Å². The first-order chi connectivity index (χ1) is 22.6. The summed E-state index contributed by atoms with van der Waals surface area (Å²) in [4.78, 5) is 21.2. The highest BCUT2D eigenvalue weighted by molar-refractivity contribution is 7.92. The molecule has 3 aromatic heterocycles. The summed E-state index contributed by atoms with van der Waals surface area (Å²) in [6.45, 7) is 0. The first-order valence-corrected chi connectivity index (χ1v) is 16.6. The zero-order chi connectivity index (χ0) is 32.9. The third-order valence-electron chi connectivity index (χ3n) is 8.32. The highest BCUT2D eigenvalue weighted by Gasteiger charge is 2.26. The number of H-pyrrole nitrogens is 1. The van der Waals surface area contributed by atoms with E-state index in [-0.39, 0.29) is 11.3 Å². The standard InChI is InChI=1S/C37H29FN4O4S/c1-39-37(43)34-29-19-28(31(42(2)47(3,44)45)20-32(29)46-36(34)22-13-15-26(38)16-14-22)23-8-6-9-24(18-23)35-33(25-10-7-17-40-21-25)27-11-4-5-12-30(27)41-35/h4-21,41H,1-3H3,(H,39,43). The summed E-state index contributed by atoms with van der Waals surface area (Å²) in [5, 5.41) is 4.20. The van der Waals surface area contributed by atoms with Gasteiger partial charge < -0.3 is 14.7 Å². The minimum atomic E-state index is -3.70. The molecule has 0 unspecified atom stereocenters. The second kappa shape index (κ2) is 11.6. The van der Waals surface area contributed by atoms with E-state index in [2.05, 4.69) is 21.4 Å². The molecule has 0 atom stereocenters. The number of anilines is 1. The third kappa shape index (κ3) is 5.32. The smallest absolute Gasteiger partial charge is 0.255 e. The molecule has 8 nitrogen and oxygen atoms in total. The molecule has 10 heteroatoms. The van der Waals surface area contributed by atoms with Crippen molar-refractivity contribution >= 4 is 43.5 Å². The van der Waals surface area contributed by atoms with E-state index in [1.54, 1.807) is 18.3 Å². The van der Waals surface area contributed by atoms with Gasteiger partial charge >= 0.3 is 0 Å². The Kier molecular flexibility index (Phi) is 7.37. The minimum absolute atomic E-state index is 0.248. The Labute approximate surface area is 270 Å². The third-order valence-corrected chi connectivity index (χ3v) is 9.51. The number of benzene rings is 4. The van der Waals surface area contributed by atoms with Crippen molar-refractivity contribution in [1.82, 2.24) is 15.3 Å². The number of rotatable bonds is 7. The second-order valence-electron chi connectivity index (χ2n) is 11.2. The Hall–Kier alpha value is -5.74. The molecule has 3 heterocycles. The molecule has 0 fully saturated rings. The van der Waals surface area contributed by atoms with Gasteiger partial charge in [0.15, 0.2) is 0 Å². The maximum absolute atomic E-state index is 13.8. The number of pyridine rings is 1. The Morgan fingerprint density at radius 1 is 0.872 bits per heavy atom. The van der Waals surface area contributed by atoms with Crippen LogP contribution < -0.4 is 9.62 Å². The minimum Gasteiger partial charge on any atom is -0.455 e. The van der Waals surface area contributed by atoms with Crippen LogP contribution in [0.15, 0.2) is 114 Å². The van der Waals surface area contributed by atoms with Crippen LogP contribution in [0.5, 0.6) is 0 Å². The van der Waals surface area contributed by atoms with Crippen molar-refractivity contribution in [3.63, 3.8) is 0 Å². The summed E-state index contributed by atoms with van der Waals surface area (Å²) in [6.07, 6.45) is 4.69. The fourth-order valence-electron chi connectivity index (χ4n) is 5.97. The average Bonchev–Trinajstić information content (AvgIpc) is 3.66. The maximum Gasteiger partial charge on any atom is 0.255 e. The molecule has 0 aliphatic heterocycles. The SMILES string of the molecule is CNC(=O)c1c(-c2ccc(F)cc2)oc2cc(N(C)S(C)(=O)=O)c(-c3cccc(-c4[nH]c5ccccc5c4-c4cccnc4)c3)cc12. The van der Waals surface area contributed by atoms with Gasteiger partial charge in [-0.3, -0.25) is 14.1 Å². The number of carbonyl (C=O) groups is 1. The molecule has 7 rings (SSSR count). The summed E-state index contributed by atoms with van der Waals surface area (Å²) in [6, 6.07) is 28.8. The Morgan fingerprint density at radius 2 is 1.62 bits per heavy atom. The largest absolute Gasteiger partial charge is 0.455 e. The maximum atomic E-state index is 13.8. The number of sulfonamides is 1. The van der Waals surface area contributed by atoms with E-state index in [1.807, 2.05) is 60.8 Å².